The van der Waals surface area contributed by atoms with Crippen molar-refractivity contribution in [2.75, 3.05) is 9.80 Å². The third kappa shape index (κ3) is 7.07. The van der Waals surface area contributed by atoms with Gasteiger partial charge in [-0.25, -0.2) is 0 Å². The van der Waals surface area contributed by atoms with Gasteiger partial charge in [-0.1, -0.05) is 232 Å². The molecule has 0 atom stereocenters. The summed E-state index contributed by atoms with van der Waals surface area (Å²) in [7, 11) is -4.10. The van der Waals surface area contributed by atoms with Crippen LogP contribution in [-0.2, 0) is 0 Å². The monoisotopic (exact) mass is 1030 g/mol. The number of anilines is 6. The fourth-order valence-electron chi connectivity index (χ4n) is 13.6. The minimum absolute atomic E-state index is 1.15. The Morgan fingerprint density at radius 3 is 0.923 bits per heavy atom. The van der Waals surface area contributed by atoms with Crippen molar-refractivity contribution in [3.8, 4) is 44.5 Å². The maximum atomic E-state index is 2.55. The Morgan fingerprint density at radius 2 is 0.551 bits per heavy atom. The second kappa shape index (κ2) is 17.8. The van der Waals surface area contributed by atoms with Crippen LogP contribution in [-0.4, -0.2) is 16.1 Å². The van der Waals surface area contributed by atoms with Gasteiger partial charge in [-0.15, -0.1) is 0 Å². The van der Waals surface area contributed by atoms with E-state index in [4.69, 9.17) is 0 Å². The van der Waals surface area contributed by atoms with Gasteiger partial charge in [0.2, 0.25) is 0 Å². The fourth-order valence-corrected chi connectivity index (χ4v) is 19.6. The molecular formula is C74H56N2Si2. The summed E-state index contributed by atoms with van der Waals surface area (Å²) in [6.45, 7) is 10.0. The predicted molar refractivity (Wildman–Crippen MR) is 341 cm³/mol. The fraction of sp³-hybridized carbons (Fsp3) is 0.0541. The lowest BCUT2D eigenvalue weighted by atomic mass is 9.81. The lowest BCUT2D eigenvalue weighted by Gasteiger charge is -2.41. The van der Waals surface area contributed by atoms with E-state index in [-0.39, 0.29) is 0 Å². The van der Waals surface area contributed by atoms with Crippen LogP contribution < -0.4 is 30.5 Å². The lowest BCUT2D eigenvalue weighted by Crippen LogP contribution is -2.58. The van der Waals surface area contributed by atoms with E-state index in [2.05, 4.69) is 303 Å². The summed E-state index contributed by atoms with van der Waals surface area (Å²) in [5.74, 6) is 0. The Balaban J connectivity index is 1.08. The summed E-state index contributed by atoms with van der Waals surface area (Å²) in [6.07, 6.45) is 0. The molecular weight excluding hydrogens is 973 g/mol. The Labute approximate surface area is 458 Å². The maximum Gasteiger partial charge on any atom is 0.117 e. The molecule has 78 heavy (non-hydrogen) atoms. The maximum absolute atomic E-state index is 2.55. The summed E-state index contributed by atoms with van der Waals surface area (Å²) >= 11 is 0. The molecule has 2 aliphatic rings. The SMILES string of the molecule is C[Si]1(C)c2ccccc2N(c2ccc3c(-c4ccccc4-c4ccc5ccccc5c4)c4cc(N5c6ccccc6[Si](C)(C)c6ccccc65)ccc4c(-c4ccccc4-c4ccc5ccccc5c4)c3c2)c2ccccc21. The van der Waals surface area contributed by atoms with Crippen LogP contribution in [0.2, 0.25) is 26.2 Å². The van der Waals surface area contributed by atoms with Gasteiger partial charge in [0.05, 0.1) is 0 Å². The van der Waals surface area contributed by atoms with Crippen molar-refractivity contribution < 1.29 is 0 Å². The first-order valence-electron chi connectivity index (χ1n) is 27.4. The van der Waals surface area contributed by atoms with Crippen LogP contribution in [0.5, 0.6) is 0 Å². The zero-order valence-corrected chi connectivity index (χ0v) is 46.3. The van der Waals surface area contributed by atoms with Crippen LogP contribution in [0.4, 0.5) is 34.1 Å². The van der Waals surface area contributed by atoms with Gasteiger partial charge in [0, 0.05) is 34.1 Å². The van der Waals surface area contributed by atoms with Gasteiger partial charge in [0.25, 0.3) is 0 Å². The first-order chi connectivity index (χ1) is 38.2. The van der Waals surface area contributed by atoms with Crippen molar-refractivity contribution >= 4 is 114 Å². The molecule has 13 aromatic rings. The van der Waals surface area contributed by atoms with E-state index >= 15 is 0 Å². The Hall–Kier alpha value is -9.07. The zero-order chi connectivity index (χ0) is 52.3. The second-order valence-electron chi connectivity index (χ2n) is 22.4. The summed E-state index contributed by atoms with van der Waals surface area (Å²) < 4.78 is 0. The highest BCUT2D eigenvalue weighted by atomic mass is 28.3. The molecule has 0 N–H and O–H groups in total. The number of para-hydroxylation sites is 4. The molecule has 0 saturated heterocycles. The van der Waals surface area contributed by atoms with Crippen LogP contribution in [0.15, 0.2) is 267 Å². The van der Waals surface area contributed by atoms with Crippen LogP contribution in [0.25, 0.3) is 87.6 Å². The van der Waals surface area contributed by atoms with E-state index in [1.54, 1.807) is 0 Å². The highest BCUT2D eigenvalue weighted by Gasteiger charge is 2.40. The standard InChI is InChI=1S/C74H56N2Si2/c1-77(2)69-33-17-13-29-65(69)75(66-30-14-18-34-70(66)77)55-41-43-61-63(47-55)73(59-27-11-9-25-57(59)53-39-37-49-21-5-7-23-51(49)45-53)62-44-42-56(76-67-31-15-19-35-71(67)78(3,4)72-36-20-16-32-68(72)76)48-64(62)74(61)60-28-12-10-26-58(60)54-40-38-50-22-6-8-24-52(50)46-54/h5-48H,1-4H3. The third-order valence-electron chi connectivity index (χ3n) is 17.4. The summed E-state index contributed by atoms with van der Waals surface area (Å²) in [5, 5.41) is 15.6. The molecule has 0 saturated carbocycles. The van der Waals surface area contributed by atoms with E-state index in [0.717, 1.165) is 11.4 Å². The highest BCUT2D eigenvalue weighted by molar-refractivity contribution is 7.03. The molecule has 0 aliphatic carbocycles. The van der Waals surface area contributed by atoms with Crippen molar-refractivity contribution in [2.45, 2.75) is 26.2 Å². The van der Waals surface area contributed by atoms with Crippen molar-refractivity contribution in [1.82, 2.24) is 0 Å². The van der Waals surface area contributed by atoms with Gasteiger partial charge >= 0.3 is 0 Å². The number of hydrogen-bond acceptors (Lipinski definition) is 2. The largest absolute Gasteiger partial charge is 0.311 e. The number of benzene rings is 13. The number of nitrogens with zero attached hydrogens (tertiary/aromatic N) is 2. The van der Waals surface area contributed by atoms with Crippen molar-refractivity contribution in [3.63, 3.8) is 0 Å². The molecule has 0 unspecified atom stereocenters. The van der Waals surface area contributed by atoms with Crippen LogP contribution in [0.1, 0.15) is 0 Å². The number of fused-ring (bicyclic) bond motifs is 8. The summed E-state index contributed by atoms with van der Waals surface area (Å²) in [4.78, 5) is 5.10. The molecule has 0 amide bonds. The van der Waals surface area contributed by atoms with Crippen LogP contribution in [0, 0.1) is 0 Å². The smallest absolute Gasteiger partial charge is 0.117 e. The Bertz CT molecular complexity index is 4210. The van der Waals surface area contributed by atoms with E-state index in [9.17, 15) is 0 Å². The van der Waals surface area contributed by atoms with Crippen molar-refractivity contribution in [1.29, 1.82) is 0 Å². The lowest BCUT2D eigenvalue weighted by molar-refractivity contribution is 1.29. The molecule has 2 nitrogen and oxygen atoms in total. The minimum atomic E-state index is -2.05. The van der Waals surface area contributed by atoms with Gasteiger partial charge in [-0.3, -0.25) is 0 Å². The summed E-state index contributed by atoms with van der Waals surface area (Å²) in [5.41, 5.74) is 17.0. The molecule has 370 valence electrons. The van der Waals surface area contributed by atoms with Gasteiger partial charge in [-0.2, -0.15) is 0 Å². The Kier molecular flexibility index (Phi) is 10.5. The molecule has 13 aromatic carbocycles. The van der Waals surface area contributed by atoms with E-state index in [1.165, 1.54) is 131 Å². The molecule has 0 fully saturated rings. The first kappa shape index (κ1) is 46.3. The normalized spacial score (nSPS) is 14.1. The molecule has 2 heterocycles. The number of rotatable bonds is 6. The third-order valence-corrected chi connectivity index (χ3v) is 24.5. The average Bonchev–Trinajstić information content (AvgIpc) is 3.59. The van der Waals surface area contributed by atoms with E-state index < -0.39 is 16.1 Å². The van der Waals surface area contributed by atoms with Crippen molar-refractivity contribution in [3.05, 3.63) is 267 Å². The molecule has 0 spiro atoms. The molecule has 15 rings (SSSR count). The van der Waals surface area contributed by atoms with Crippen LogP contribution >= 0.6 is 0 Å². The molecule has 4 heteroatoms. The average molecular weight is 1030 g/mol. The zero-order valence-electron chi connectivity index (χ0n) is 44.3. The minimum Gasteiger partial charge on any atom is -0.311 e. The van der Waals surface area contributed by atoms with Gasteiger partial charge in [0.1, 0.15) is 16.1 Å². The molecule has 0 radical (unpaired) electrons. The van der Waals surface area contributed by atoms with E-state index in [1.807, 2.05) is 0 Å². The molecule has 0 bridgehead atoms. The topological polar surface area (TPSA) is 6.48 Å². The van der Waals surface area contributed by atoms with E-state index in [0.29, 0.717) is 0 Å². The Morgan fingerprint density at radius 1 is 0.244 bits per heavy atom. The molecule has 2 aliphatic heterocycles. The number of hydrogen-bond donors (Lipinski definition) is 0. The quantitative estimate of drug-likeness (QED) is 0.121. The van der Waals surface area contributed by atoms with Gasteiger partial charge < -0.3 is 9.80 Å². The second-order valence-corrected chi connectivity index (χ2v) is 31.1. The predicted octanol–water partition coefficient (Wildman–Crippen LogP) is 18.2. The molecule has 0 aromatic heterocycles. The summed E-state index contributed by atoms with van der Waals surface area (Å²) in [6, 6.07) is 101. The van der Waals surface area contributed by atoms with Crippen molar-refractivity contribution in [2.24, 2.45) is 0 Å². The highest BCUT2D eigenvalue weighted by Crippen LogP contribution is 2.52. The van der Waals surface area contributed by atoms with Crippen LogP contribution in [0.3, 0.4) is 0 Å². The first-order valence-corrected chi connectivity index (χ1v) is 33.4. The van der Waals surface area contributed by atoms with Gasteiger partial charge in [-0.05, 0) is 169 Å². The van der Waals surface area contributed by atoms with Gasteiger partial charge in [0.15, 0.2) is 0 Å².